The molecule has 1 saturated heterocycles. The number of anilines is 1. The Labute approximate surface area is 264 Å². The number of hydrogen-bond acceptors (Lipinski definition) is 6. The van der Waals surface area contributed by atoms with Crippen LogP contribution in [0.1, 0.15) is 67.3 Å². The van der Waals surface area contributed by atoms with Crippen LogP contribution in [0.5, 0.6) is 5.75 Å². The maximum Gasteiger partial charge on any atom is 0.426 e. The summed E-state index contributed by atoms with van der Waals surface area (Å²) in [7, 11) is 1.66. The summed E-state index contributed by atoms with van der Waals surface area (Å²) in [6.45, 7) is 10.1. The monoisotopic (exact) mass is 616 g/mol. The molecule has 1 fully saturated rings. The van der Waals surface area contributed by atoms with E-state index in [-0.39, 0.29) is 0 Å². The third-order valence-corrected chi connectivity index (χ3v) is 7.94. The molecule has 1 heterocycles. The molecule has 9 heteroatoms. The fourth-order valence-corrected chi connectivity index (χ4v) is 5.35. The maximum absolute atomic E-state index is 13.9. The van der Waals surface area contributed by atoms with Crippen LogP contribution >= 0.6 is 0 Å². The van der Waals surface area contributed by atoms with Crippen molar-refractivity contribution in [3.63, 3.8) is 0 Å². The minimum absolute atomic E-state index is 0.536. The van der Waals surface area contributed by atoms with Gasteiger partial charge in [-0.15, -0.1) is 0 Å². The molecule has 6 nitrogen and oxygen atoms in total. The maximum atomic E-state index is 13.9. The number of halogens is 3. The molecular weight excluding hydrogens is 577 g/mol. The lowest BCUT2D eigenvalue weighted by atomic mass is 9.87. The topological polar surface area (TPSA) is 93.1 Å². The average Bonchev–Trinajstić information content (AvgIpc) is 3.40. The number of rotatable bonds is 12. The highest BCUT2D eigenvalue weighted by molar-refractivity contribution is 5.76. The Morgan fingerprint density at radius 3 is 2.00 bits per heavy atom. The summed E-state index contributed by atoms with van der Waals surface area (Å²) in [6.07, 6.45) is 4.15. The third-order valence-electron chi connectivity index (χ3n) is 7.94. The van der Waals surface area contributed by atoms with Gasteiger partial charge in [-0.3, -0.25) is 0 Å². The van der Waals surface area contributed by atoms with Gasteiger partial charge in [-0.2, -0.15) is 29.0 Å². The van der Waals surface area contributed by atoms with E-state index in [1.54, 1.807) is 19.3 Å². The molecule has 0 bridgehead atoms. The van der Waals surface area contributed by atoms with Crippen LogP contribution in [0.15, 0.2) is 47.7 Å². The van der Waals surface area contributed by atoms with E-state index < -0.39 is 35.4 Å². The first-order valence-electron chi connectivity index (χ1n) is 15.1. The van der Waals surface area contributed by atoms with Gasteiger partial charge < -0.3 is 14.4 Å². The Bertz CT molecular complexity index is 1550. The third kappa shape index (κ3) is 8.49. The normalized spacial score (nSPS) is 18.0. The summed E-state index contributed by atoms with van der Waals surface area (Å²) in [5.74, 6) is -2.61. The standard InChI is InChI=1S/C36H39F3N4O2/c1-6-8-16-43(17-9-7-2)30-14-12-26(33(20-30)44-5)10-11-27-18-25(4)28(19-24(27)3)13-15-31-32(23-42)34(29(21-40)22-41)45-35(31)36(37,38)39/h10-15,18-20,31-32,35H,6-9,16-17H2,1-5H3/b11-10+,15-13+. The average molecular weight is 617 g/mol. The zero-order valence-electron chi connectivity index (χ0n) is 26.4. The number of nitrogens with zero attached hydrogens (tertiary/aromatic N) is 4. The predicted molar refractivity (Wildman–Crippen MR) is 171 cm³/mol. The second kappa shape index (κ2) is 15.9. The van der Waals surface area contributed by atoms with Crippen molar-refractivity contribution in [2.75, 3.05) is 25.1 Å². The molecule has 0 N–H and O–H groups in total. The van der Waals surface area contributed by atoms with Crippen LogP contribution in [0.2, 0.25) is 0 Å². The minimum atomic E-state index is -4.80. The highest BCUT2D eigenvalue weighted by Crippen LogP contribution is 2.45. The van der Waals surface area contributed by atoms with Gasteiger partial charge in [0.1, 0.15) is 29.6 Å². The fraction of sp³-hybridized carbons (Fsp3) is 0.417. The Morgan fingerprint density at radius 1 is 0.911 bits per heavy atom. The van der Waals surface area contributed by atoms with Gasteiger partial charge in [0.15, 0.2) is 5.57 Å². The number of ether oxygens (including phenoxy) is 2. The van der Waals surface area contributed by atoms with Crippen molar-refractivity contribution >= 4 is 23.9 Å². The molecule has 0 aliphatic carbocycles. The summed E-state index contributed by atoms with van der Waals surface area (Å²) in [5.41, 5.74) is 4.77. The van der Waals surface area contributed by atoms with Gasteiger partial charge >= 0.3 is 6.18 Å². The van der Waals surface area contributed by atoms with Gasteiger partial charge in [0.05, 0.1) is 13.2 Å². The summed E-state index contributed by atoms with van der Waals surface area (Å²) in [6, 6.07) is 14.9. The van der Waals surface area contributed by atoms with Crippen LogP contribution in [-0.4, -0.2) is 32.5 Å². The fourth-order valence-electron chi connectivity index (χ4n) is 5.35. The van der Waals surface area contributed by atoms with E-state index in [9.17, 15) is 29.0 Å². The number of alkyl halides is 3. The molecule has 3 unspecified atom stereocenters. The smallest absolute Gasteiger partial charge is 0.426 e. The zero-order valence-corrected chi connectivity index (χ0v) is 26.4. The summed E-state index contributed by atoms with van der Waals surface area (Å²) >= 11 is 0. The minimum Gasteiger partial charge on any atom is -0.496 e. The molecule has 236 valence electrons. The van der Waals surface area contributed by atoms with E-state index in [1.165, 1.54) is 18.2 Å². The van der Waals surface area contributed by atoms with E-state index in [4.69, 9.17) is 9.47 Å². The number of hydrogen-bond donors (Lipinski definition) is 0. The van der Waals surface area contributed by atoms with Gasteiger partial charge in [0, 0.05) is 36.3 Å². The second-order valence-corrected chi connectivity index (χ2v) is 11.1. The molecule has 1 aliphatic heterocycles. The first-order valence-corrected chi connectivity index (χ1v) is 15.1. The SMILES string of the molecule is CCCCN(CCCC)c1ccc(/C=C/c2cc(C)c(/C=C/C3C(C#N)C(=C(C#N)C#N)OC3C(F)(F)F)cc2C)c(OC)c1. The molecule has 2 aromatic rings. The molecule has 2 aromatic carbocycles. The number of benzene rings is 2. The van der Waals surface area contributed by atoms with Crippen molar-refractivity contribution in [1.82, 2.24) is 0 Å². The lowest BCUT2D eigenvalue weighted by molar-refractivity contribution is -0.207. The highest BCUT2D eigenvalue weighted by atomic mass is 19.4. The van der Waals surface area contributed by atoms with Gasteiger partial charge in [0.2, 0.25) is 6.10 Å². The molecule has 3 atom stereocenters. The van der Waals surface area contributed by atoms with E-state index in [2.05, 4.69) is 30.9 Å². The molecular formula is C36H39F3N4O2. The molecule has 45 heavy (non-hydrogen) atoms. The van der Waals surface area contributed by atoms with Crippen molar-refractivity contribution in [3.8, 4) is 24.0 Å². The van der Waals surface area contributed by atoms with E-state index in [0.29, 0.717) is 5.56 Å². The van der Waals surface area contributed by atoms with Gasteiger partial charge in [-0.1, -0.05) is 63.1 Å². The first kappa shape index (κ1) is 34.8. The van der Waals surface area contributed by atoms with E-state index >= 15 is 0 Å². The van der Waals surface area contributed by atoms with E-state index in [1.807, 2.05) is 44.2 Å². The van der Waals surface area contributed by atoms with Crippen molar-refractivity contribution in [3.05, 3.63) is 75.6 Å². The molecule has 0 spiro atoms. The summed E-state index contributed by atoms with van der Waals surface area (Å²) in [5, 5.41) is 28.0. The Morgan fingerprint density at radius 2 is 1.49 bits per heavy atom. The first-order chi connectivity index (χ1) is 21.5. The van der Waals surface area contributed by atoms with Crippen LogP contribution in [-0.2, 0) is 4.74 Å². The summed E-state index contributed by atoms with van der Waals surface area (Å²) < 4.78 is 52.3. The van der Waals surface area contributed by atoms with Crippen LogP contribution < -0.4 is 9.64 Å². The molecule has 0 saturated carbocycles. The zero-order chi connectivity index (χ0) is 33.1. The predicted octanol–water partition coefficient (Wildman–Crippen LogP) is 8.92. The number of methoxy groups -OCH3 is 1. The van der Waals surface area contributed by atoms with Crippen LogP contribution in [0.3, 0.4) is 0 Å². The number of nitriles is 3. The van der Waals surface area contributed by atoms with Crippen molar-refractivity contribution < 1.29 is 22.6 Å². The molecule has 0 radical (unpaired) electrons. The Balaban J connectivity index is 1.89. The second-order valence-electron chi connectivity index (χ2n) is 11.1. The van der Waals surface area contributed by atoms with Crippen molar-refractivity contribution in [1.29, 1.82) is 15.8 Å². The summed E-state index contributed by atoms with van der Waals surface area (Å²) in [4.78, 5) is 2.40. The molecule has 3 rings (SSSR count). The quantitative estimate of drug-likeness (QED) is 0.175. The van der Waals surface area contributed by atoms with Crippen molar-refractivity contribution in [2.24, 2.45) is 11.8 Å². The largest absolute Gasteiger partial charge is 0.496 e. The molecule has 1 aliphatic rings. The number of allylic oxidation sites excluding steroid dienone is 2. The van der Waals surface area contributed by atoms with Crippen LogP contribution in [0.4, 0.5) is 18.9 Å². The highest BCUT2D eigenvalue weighted by Gasteiger charge is 2.55. The van der Waals surface area contributed by atoms with Crippen molar-refractivity contribution in [2.45, 2.75) is 65.7 Å². The lowest BCUT2D eigenvalue weighted by Gasteiger charge is -2.25. The lowest BCUT2D eigenvalue weighted by Crippen LogP contribution is -2.34. The van der Waals surface area contributed by atoms with Crippen LogP contribution in [0, 0.1) is 59.7 Å². The van der Waals surface area contributed by atoms with Gasteiger partial charge in [0.25, 0.3) is 0 Å². The number of aryl methyl sites for hydroxylation is 2. The number of unbranched alkanes of at least 4 members (excludes halogenated alkanes) is 2. The van der Waals surface area contributed by atoms with E-state index in [0.717, 1.165) is 72.5 Å². The van der Waals surface area contributed by atoms with Gasteiger partial charge in [-0.25, -0.2) is 0 Å². The molecule has 0 amide bonds. The van der Waals surface area contributed by atoms with Gasteiger partial charge in [-0.05, 0) is 61.1 Å². The Hall–Kier alpha value is -4.68. The van der Waals surface area contributed by atoms with Crippen LogP contribution in [0.25, 0.3) is 18.2 Å². The Kier molecular flexibility index (Phi) is 12.3. The molecule has 0 aromatic heterocycles.